The van der Waals surface area contributed by atoms with Crippen molar-refractivity contribution in [3.05, 3.63) is 5.01 Å². The topological polar surface area (TPSA) is 41.1 Å². The molecule has 2 atom stereocenters. The summed E-state index contributed by atoms with van der Waals surface area (Å²) in [6.45, 7) is 9.81. The van der Waals surface area contributed by atoms with Gasteiger partial charge in [-0.15, -0.1) is 10.2 Å². The van der Waals surface area contributed by atoms with Gasteiger partial charge in [-0.25, -0.2) is 0 Å². The van der Waals surface area contributed by atoms with Gasteiger partial charge in [-0.1, -0.05) is 18.3 Å². The standard InChI is InChI=1S/C12H22N4S/c1-4-13-12-15-14-11(17-12)8-16-6-5-9(2)7-10(16)3/h9-10H,4-8H2,1-3H3,(H,13,15). The summed E-state index contributed by atoms with van der Waals surface area (Å²) >= 11 is 1.68. The van der Waals surface area contributed by atoms with Crippen LogP contribution in [0.15, 0.2) is 0 Å². The normalized spacial score (nSPS) is 26.1. The molecule has 1 fully saturated rings. The Morgan fingerprint density at radius 3 is 2.94 bits per heavy atom. The van der Waals surface area contributed by atoms with E-state index in [9.17, 15) is 0 Å². The molecule has 1 aliphatic rings. The van der Waals surface area contributed by atoms with Crippen LogP contribution in [0, 0.1) is 5.92 Å². The van der Waals surface area contributed by atoms with E-state index in [0.717, 1.165) is 29.1 Å². The van der Waals surface area contributed by atoms with E-state index in [-0.39, 0.29) is 0 Å². The minimum atomic E-state index is 0.672. The Morgan fingerprint density at radius 2 is 2.24 bits per heavy atom. The first-order valence-electron chi connectivity index (χ1n) is 6.49. The van der Waals surface area contributed by atoms with Gasteiger partial charge in [0.2, 0.25) is 5.13 Å². The van der Waals surface area contributed by atoms with Crippen LogP contribution in [0.2, 0.25) is 0 Å². The molecule has 0 spiro atoms. The predicted octanol–water partition coefficient (Wildman–Crippen LogP) is 2.59. The average Bonchev–Trinajstić information content (AvgIpc) is 2.71. The number of nitrogens with one attached hydrogen (secondary N) is 1. The lowest BCUT2D eigenvalue weighted by Crippen LogP contribution is -2.39. The van der Waals surface area contributed by atoms with Crippen molar-refractivity contribution in [1.29, 1.82) is 0 Å². The van der Waals surface area contributed by atoms with Crippen molar-refractivity contribution in [1.82, 2.24) is 15.1 Å². The molecule has 1 saturated heterocycles. The fourth-order valence-corrected chi connectivity index (χ4v) is 3.24. The Labute approximate surface area is 107 Å². The van der Waals surface area contributed by atoms with Gasteiger partial charge in [-0.2, -0.15) is 0 Å². The summed E-state index contributed by atoms with van der Waals surface area (Å²) in [6, 6.07) is 0.672. The first kappa shape index (κ1) is 12.8. The lowest BCUT2D eigenvalue weighted by molar-refractivity contribution is 0.122. The van der Waals surface area contributed by atoms with Crippen LogP contribution in [0.25, 0.3) is 0 Å². The van der Waals surface area contributed by atoms with Gasteiger partial charge in [0, 0.05) is 12.6 Å². The number of hydrogen-bond acceptors (Lipinski definition) is 5. The summed E-state index contributed by atoms with van der Waals surface area (Å²) in [4.78, 5) is 2.52. The van der Waals surface area contributed by atoms with Crippen LogP contribution in [0.1, 0.15) is 38.6 Å². The fourth-order valence-electron chi connectivity index (χ4n) is 2.40. The summed E-state index contributed by atoms with van der Waals surface area (Å²) in [5.41, 5.74) is 0. The highest BCUT2D eigenvalue weighted by molar-refractivity contribution is 7.15. The molecule has 0 aromatic carbocycles. The molecule has 2 rings (SSSR count). The van der Waals surface area contributed by atoms with Crippen molar-refractivity contribution in [3.8, 4) is 0 Å². The van der Waals surface area contributed by atoms with Crippen LogP contribution in [0.5, 0.6) is 0 Å². The zero-order valence-electron chi connectivity index (χ0n) is 10.9. The molecule has 0 aliphatic carbocycles. The Balaban J connectivity index is 1.91. The Morgan fingerprint density at radius 1 is 1.41 bits per heavy atom. The summed E-state index contributed by atoms with van der Waals surface area (Å²) in [5, 5.41) is 13.7. The van der Waals surface area contributed by atoms with Crippen molar-refractivity contribution in [2.75, 3.05) is 18.4 Å². The quantitative estimate of drug-likeness (QED) is 0.896. The molecule has 0 amide bonds. The van der Waals surface area contributed by atoms with Gasteiger partial charge in [-0.3, -0.25) is 4.90 Å². The molecule has 4 nitrogen and oxygen atoms in total. The van der Waals surface area contributed by atoms with Crippen molar-refractivity contribution >= 4 is 16.5 Å². The average molecular weight is 254 g/mol. The fraction of sp³-hybridized carbons (Fsp3) is 0.833. The predicted molar refractivity (Wildman–Crippen MR) is 72.3 cm³/mol. The van der Waals surface area contributed by atoms with E-state index in [1.54, 1.807) is 11.3 Å². The Kier molecular flexibility index (Phi) is 4.34. The van der Waals surface area contributed by atoms with Crippen LogP contribution in [0.3, 0.4) is 0 Å². The van der Waals surface area contributed by atoms with Gasteiger partial charge in [-0.05, 0) is 39.2 Å². The minimum absolute atomic E-state index is 0.672. The van der Waals surface area contributed by atoms with E-state index in [1.165, 1.54) is 19.4 Å². The lowest BCUT2D eigenvalue weighted by atomic mass is 9.93. The summed E-state index contributed by atoms with van der Waals surface area (Å²) in [5.74, 6) is 0.869. The van der Waals surface area contributed by atoms with E-state index in [0.29, 0.717) is 6.04 Å². The largest absolute Gasteiger partial charge is 0.360 e. The molecule has 2 heterocycles. The Bertz CT molecular complexity index is 352. The monoisotopic (exact) mass is 254 g/mol. The second-order valence-corrected chi connectivity index (χ2v) is 6.04. The molecule has 96 valence electrons. The first-order chi connectivity index (χ1) is 8.19. The van der Waals surface area contributed by atoms with Crippen LogP contribution in [0.4, 0.5) is 5.13 Å². The molecule has 17 heavy (non-hydrogen) atoms. The van der Waals surface area contributed by atoms with E-state index in [2.05, 4.69) is 41.2 Å². The van der Waals surface area contributed by atoms with Crippen molar-refractivity contribution < 1.29 is 0 Å². The number of nitrogens with zero attached hydrogens (tertiary/aromatic N) is 3. The van der Waals surface area contributed by atoms with Crippen LogP contribution in [-0.4, -0.2) is 34.2 Å². The summed E-state index contributed by atoms with van der Waals surface area (Å²) < 4.78 is 0. The molecule has 0 radical (unpaired) electrons. The molecule has 2 unspecified atom stereocenters. The van der Waals surface area contributed by atoms with Gasteiger partial charge in [0.05, 0.1) is 6.54 Å². The summed E-state index contributed by atoms with van der Waals surface area (Å²) in [6.07, 6.45) is 2.61. The molecule has 0 saturated carbocycles. The van der Waals surface area contributed by atoms with E-state index < -0.39 is 0 Å². The molecule has 1 aliphatic heterocycles. The second kappa shape index (κ2) is 5.78. The van der Waals surface area contributed by atoms with Gasteiger partial charge in [0.25, 0.3) is 0 Å². The van der Waals surface area contributed by atoms with Crippen LogP contribution in [-0.2, 0) is 6.54 Å². The smallest absolute Gasteiger partial charge is 0.205 e. The maximum absolute atomic E-state index is 4.25. The van der Waals surface area contributed by atoms with E-state index in [1.807, 2.05) is 0 Å². The molecule has 0 bridgehead atoms. The van der Waals surface area contributed by atoms with Crippen molar-refractivity contribution in [2.24, 2.45) is 5.92 Å². The number of piperidine rings is 1. The maximum Gasteiger partial charge on any atom is 0.205 e. The third kappa shape index (κ3) is 3.39. The number of rotatable bonds is 4. The highest BCUT2D eigenvalue weighted by atomic mass is 32.1. The second-order valence-electron chi connectivity index (χ2n) is 4.98. The maximum atomic E-state index is 4.25. The SMILES string of the molecule is CCNc1nnc(CN2CCC(C)CC2C)s1. The number of anilines is 1. The number of aromatic nitrogens is 2. The highest BCUT2D eigenvalue weighted by Crippen LogP contribution is 2.25. The van der Waals surface area contributed by atoms with Crippen molar-refractivity contribution in [3.63, 3.8) is 0 Å². The minimum Gasteiger partial charge on any atom is -0.360 e. The van der Waals surface area contributed by atoms with Gasteiger partial charge in [0.15, 0.2) is 0 Å². The zero-order chi connectivity index (χ0) is 12.3. The molecule has 5 heteroatoms. The summed E-state index contributed by atoms with van der Waals surface area (Å²) in [7, 11) is 0. The first-order valence-corrected chi connectivity index (χ1v) is 7.31. The molecular formula is C12H22N4S. The highest BCUT2D eigenvalue weighted by Gasteiger charge is 2.23. The molecule has 1 aromatic heterocycles. The van der Waals surface area contributed by atoms with E-state index in [4.69, 9.17) is 0 Å². The van der Waals surface area contributed by atoms with Crippen LogP contribution < -0.4 is 5.32 Å². The Hall–Kier alpha value is -0.680. The molecule has 1 aromatic rings. The van der Waals surface area contributed by atoms with Crippen LogP contribution >= 0.6 is 11.3 Å². The third-order valence-electron chi connectivity index (χ3n) is 3.41. The zero-order valence-corrected chi connectivity index (χ0v) is 11.8. The van der Waals surface area contributed by atoms with Crippen molar-refractivity contribution in [2.45, 2.75) is 46.2 Å². The molecular weight excluding hydrogens is 232 g/mol. The van der Waals surface area contributed by atoms with Gasteiger partial charge in [0.1, 0.15) is 5.01 Å². The molecule has 1 N–H and O–H groups in total. The van der Waals surface area contributed by atoms with Gasteiger partial charge >= 0.3 is 0 Å². The third-order valence-corrected chi connectivity index (χ3v) is 4.27. The van der Waals surface area contributed by atoms with E-state index >= 15 is 0 Å². The lowest BCUT2D eigenvalue weighted by Gasteiger charge is -2.35. The van der Waals surface area contributed by atoms with Gasteiger partial charge < -0.3 is 5.32 Å². The number of likely N-dealkylation sites (tertiary alicyclic amines) is 1. The number of hydrogen-bond donors (Lipinski definition) is 1.